The van der Waals surface area contributed by atoms with Gasteiger partial charge in [0, 0.05) is 24.5 Å². The predicted octanol–water partition coefficient (Wildman–Crippen LogP) is 1.86. The fourth-order valence-corrected chi connectivity index (χ4v) is 4.49. The molecule has 3 aromatic rings. The van der Waals surface area contributed by atoms with Gasteiger partial charge in [-0.25, -0.2) is 23.5 Å². The topological polar surface area (TPSA) is 108 Å². The van der Waals surface area contributed by atoms with Crippen LogP contribution in [0.5, 0.6) is 11.5 Å². The molecule has 2 aromatic carbocycles. The molecule has 4 rings (SSSR count). The molecule has 28 heavy (non-hydrogen) atoms. The molecule has 0 unspecified atom stereocenters. The molecule has 1 aromatic heterocycles. The van der Waals surface area contributed by atoms with Crippen LogP contribution in [-0.2, 0) is 23.0 Å². The Morgan fingerprint density at radius 3 is 2.57 bits per heavy atom. The summed E-state index contributed by atoms with van der Waals surface area (Å²) in [5.74, 6) is 1.96. The fraction of sp³-hybridized carbons (Fsp3) is 0.263. The van der Waals surface area contributed by atoms with E-state index in [1.165, 1.54) is 6.33 Å². The molecule has 2 N–H and O–H groups in total. The van der Waals surface area contributed by atoms with Gasteiger partial charge in [-0.2, -0.15) is 0 Å². The molecule has 1 aliphatic heterocycles. The van der Waals surface area contributed by atoms with E-state index in [1.807, 2.05) is 18.2 Å². The molecule has 1 aliphatic rings. The maximum Gasteiger partial charge on any atom is 0.238 e. The van der Waals surface area contributed by atoms with E-state index in [0.29, 0.717) is 31.0 Å². The molecule has 0 amide bonds. The molecule has 0 bridgehead atoms. The summed E-state index contributed by atoms with van der Waals surface area (Å²) in [6.45, 7) is 1.14. The van der Waals surface area contributed by atoms with Gasteiger partial charge in [-0.1, -0.05) is 12.1 Å². The van der Waals surface area contributed by atoms with Crippen LogP contribution in [0.15, 0.2) is 41.6 Å². The van der Waals surface area contributed by atoms with Gasteiger partial charge in [0.2, 0.25) is 10.0 Å². The number of sulfonamides is 1. The van der Waals surface area contributed by atoms with E-state index in [1.54, 1.807) is 26.4 Å². The second kappa shape index (κ2) is 6.92. The molecule has 0 aliphatic carbocycles. The standard InChI is InChI=1S/C19H20N4O4S/c1-26-16-8-14-15(9-17(16)27-2)21-11-22-19(14)23-7-6-13-12(10-23)4-3-5-18(13)28(20,24)25/h3-5,8-9,11H,6-7,10H2,1-2H3,(H2,20,24,25). The largest absolute Gasteiger partial charge is 0.493 e. The van der Waals surface area contributed by atoms with Crippen molar-refractivity contribution in [2.75, 3.05) is 25.7 Å². The number of methoxy groups -OCH3 is 2. The van der Waals surface area contributed by atoms with Crippen molar-refractivity contribution in [2.45, 2.75) is 17.9 Å². The molecule has 0 spiro atoms. The van der Waals surface area contributed by atoms with Crippen molar-refractivity contribution in [2.24, 2.45) is 5.14 Å². The summed E-state index contributed by atoms with van der Waals surface area (Å²) in [6.07, 6.45) is 2.07. The van der Waals surface area contributed by atoms with Crippen molar-refractivity contribution in [3.8, 4) is 11.5 Å². The van der Waals surface area contributed by atoms with Gasteiger partial charge in [-0.3, -0.25) is 0 Å². The summed E-state index contributed by atoms with van der Waals surface area (Å²) in [6, 6.07) is 8.87. The number of aromatic nitrogens is 2. The molecule has 0 radical (unpaired) electrons. The number of nitrogens with two attached hydrogens (primary N) is 1. The average molecular weight is 400 g/mol. The van der Waals surface area contributed by atoms with Gasteiger partial charge < -0.3 is 14.4 Å². The van der Waals surface area contributed by atoms with Gasteiger partial charge in [-0.05, 0) is 29.7 Å². The maximum atomic E-state index is 11.9. The van der Waals surface area contributed by atoms with Crippen molar-refractivity contribution in [3.05, 3.63) is 47.8 Å². The van der Waals surface area contributed by atoms with E-state index in [-0.39, 0.29) is 4.90 Å². The second-order valence-electron chi connectivity index (χ2n) is 6.53. The van der Waals surface area contributed by atoms with E-state index in [2.05, 4.69) is 14.9 Å². The quantitative estimate of drug-likeness (QED) is 0.712. The summed E-state index contributed by atoms with van der Waals surface area (Å²) in [5, 5.41) is 6.21. The van der Waals surface area contributed by atoms with Gasteiger partial charge in [0.15, 0.2) is 11.5 Å². The van der Waals surface area contributed by atoms with Crippen LogP contribution >= 0.6 is 0 Å². The number of primary sulfonamides is 1. The van der Waals surface area contributed by atoms with E-state index in [0.717, 1.165) is 27.8 Å². The first-order valence-corrected chi connectivity index (χ1v) is 10.2. The average Bonchev–Trinajstić information content (AvgIpc) is 2.70. The summed E-state index contributed by atoms with van der Waals surface area (Å²) < 4.78 is 34.5. The summed E-state index contributed by atoms with van der Waals surface area (Å²) in [7, 11) is -0.590. The number of anilines is 1. The van der Waals surface area contributed by atoms with Crippen LogP contribution in [0, 0.1) is 0 Å². The van der Waals surface area contributed by atoms with E-state index in [4.69, 9.17) is 14.6 Å². The first kappa shape index (κ1) is 18.5. The zero-order chi connectivity index (χ0) is 19.9. The molecular weight excluding hydrogens is 380 g/mol. The lowest BCUT2D eigenvalue weighted by atomic mass is 9.99. The Hall–Kier alpha value is -2.91. The first-order chi connectivity index (χ1) is 13.4. The lowest BCUT2D eigenvalue weighted by Gasteiger charge is -2.31. The van der Waals surface area contributed by atoms with Crippen molar-refractivity contribution in [3.63, 3.8) is 0 Å². The number of benzene rings is 2. The zero-order valence-corrected chi connectivity index (χ0v) is 16.4. The SMILES string of the molecule is COc1cc2ncnc(N3CCc4c(cccc4S(N)(=O)=O)C3)c2cc1OC. The number of fused-ring (bicyclic) bond motifs is 2. The van der Waals surface area contributed by atoms with E-state index in [9.17, 15) is 8.42 Å². The van der Waals surface area contributed by atoms with Crippen molar-refractivity contribution < 1.29 is 17.9 Å². The monoisotopic (exact) mass is 400 g/mol. The highest BCUT2D eigenvalue weighted by atomic mass is 32.2. The second-order valence-corrected chi connectivity index (χ2v) is 8.06. The highest BCUT2D eigenvalue weighted by Crippen LogP contribution is 2.36. The van der Waals surface area contributed by atoms with Crippen LogP contribution in [0.25, 0.3) is 10.9 Å². The van der Waals surface area contributed by atoms with E-state index >= 15 is 0 Å². The smallest absolute Gasteiger partial charge is 0.238 e. The first-order valence-electron chi connectivity index (χ1n) is 8.67. The number of ether oxygens (including phenoxy) is 2. The molecule has 146 valence electrons. The van der Waals surface area contributed by atoms with Gasteiger partial charge in [0.1, 0.15) is 12.1 Å². The van der Waals surface area contributed by atoms with Crippen LogP contribution in [0.1, 0.15) is 11.1 Å². The van der Waals surface area contributed by atoms with Crippen LogP contribution in [0.3, 0.4) is 0 Å². The molecule has 0 saturated carbocycles. The lowest BCUT2D eigenvalue weighted by Crippen LogP contribution is -2.32. The Labute approximate surface area is 163 Å². The van der Waals surface area contributed by atoms with Crippen molar-refractivity contribution in [1.82, 2.24) is 9.97 Å². The Morgan fingerprint density at radius 1 is 1.11 bits per heavy atom. The molecule has 9 heteroatoms. The van der Waals surface area contributed by atoms with Gasteiger partial charge in [-0.15, -0.1) is 0 Å². The number of hydrogen-bond acceptors (Lipinski definition) is 7. The van der Waals surface area contributed by atoms with Crippen molar-refractivity contribution in [1.29, 1.82) is 0 Å². The predicted molar refractivity (Wildman–Crippen MR) is 105 cm³/mol. The molecular formula is C19H20N4O4S. The van der Waals surface area contributed by atoms with Crippen LogP contribution < -0.4 is 19.5 Å². The van der Waals surface area contributed by atoms with Crippen molar-refractivity contribution >= 4 is 26.7 Å². The third-order valence-corrected chi connectivity index (χ3v) is 5.94. The minimum absolute atomic E-state index is 0.198. The molecule has 0 atom stereocenters. The molecule has 0 saturated heterocycles. The van der Waals surface area contributed by atoms with E-state index < -0.39 is 10.0 Å². The Kier molecular flexibility index (Phi) is 4.56. The normalized spacial score (nSPS) is 14.0. The zero-order valence-electron chi connectivity index (χ0n) is 15.5. The highest BCUT2D eigenvalue weighted by molar-refractivity contribution is 7.89. The summed E-state index contributed by atoms with van der Waals surface area (Å²) in [5.41, 5.74) is 2.44. The number of nitrogens with zero attached hydrogens (tertiary/aromatic N) is 3. The minimum atomic E-state index is -3.75. The molecule has 8 nitrogen and oxygen atoms in total. The van der Waals surface area contributed by atoms with Crippen LogP contribution in [0.4, 0.5) is 5.82 Å². The maximum absolute atomic E-state index is 11.9. The lowest BCUT2D eigenvalue weighted by molar-refractivity contribution is 0.356. The minimum Gasteiger partial charge on any atom is -0.493 e. The third kappa shape index (κ3) is 3.12. The van der Waals surface area contributed by atoms with Crippen LogP contribution in [-0.4, -0.2) is 39.2 Å². The summed E-state index contributed by atoms with van der Waals surface area (Å²) >= 11 is 0. The highest BCUT2D eigenvalue weighted by Gasteiger charge is 2.25. The number of hydrogen-bond donors (Lipinski definition) is 1. The van der Waals surface area contributed by atoms with Gasteiger partial charge in [0.05, 0.1) is 24.6 Å². The molecule has 2 heterocycles. The summed E-state index contributed by atoms with van der Waals surface area (Å²) in [4.78, 5) is 11.1. The Balaban J connectivity index is 1.79. The number of rotatable bonds is 4. The fourth-order valence-electron chi connectivity index (χ4n) is 3.64. The van der Waals surface area contributed by atoms with Gasteiger partial charge in [0.25, 0.3) is 0 Å². The molecule has 0 fully saturated rings. The Morgan fingerprint density at radius 2 is 1.86 bits per heavy atom. The van der Waals surface area contributed by atoms with Gasteiger partial charge >= 0.3 is 0 Å². The third-order valence-electron chi connectivity index (χ3n) is 4.95. The Bertz CT molecular complexity index is 1160. The van der Waals surface area contributed by atoms with Crippen LogP contribution in [0.2, 0.25) is 0 Å².